The maximum atomic E-state index is 11.4. The van der Waals surface area contributed by atoms with Gasteiger partial charge in [-0.1, -0.05) is 13.8 Å². The molecule has 1 aromatic carbocycles. The summed E-state index contributed by atoms with van der Waals surface area (Å²) in [5.41, 5.74) is 1.26. The molecular formula is C13H16N2O3. The van der Waals surface area contributed by atoms with Crippen molar-refractivity contribution in [3.05, 3.63) is 24.1 Å². The maximum Gasteiger partial charge on any atom is 0.222 e. The summed E-state index contributed by atoms with van der Waals surface area (Å²) < 4.78 is 5.47. The molecule has 0 aliphatic heterocycles. The summed E-state index contributed by atoms with van der Waals surface area (Å²) in [6.07, 6.45) is 0.536. The second-order valence-corrected chi connectivity index (χ2v) is 4.46. The molecule has 0 fully saturated rings. The average Bonchev–Trinajstić information content (AvgIpc) is 2.70. The van der Waals surface area contributed by atoms with Crippen molar-refractivity contribution in [1.29, 1.82) is 0 Å². The summed E-state index contributed by atoms with van der Waals surface area (Å²) >= 11 is 0. The van der Waals surface area contributed by atoms with Crippen molar-refractivity contribution in [2.45, 2.75) is 20.3 Å². The van der Waals surface area contributed by atoms with Crippen molar-refractivity contribution < 1.29 is 14.3 Å². The minimum atomic E-state index is -0.0226. The first-order valence-electron chi connectivity index (χ1n) is 5.92. The summed E-state index contributed by atoms with van der Waals surface area (Å²) in [6, 6.07) is 4.79. The van der Waals surface area contributed by atoms with Crippen LogP contribution in [0.3, 0.4) is 0 Å². The van der Waals surface area contributed by atoms with Crippen LogP contribution >= 0.6 is 0 Å². The van der Waals surface area contributed by atoms with Crippen LogP contribution in [0, 0.1) is 5.92 Å². The topological polar surface area (TPSA) is 75.4 Å². The third-order valence-corrected chi connectivity index (χ3v) is 2.58. The van der Waals surface area contributed by atoms with Crippen LogP contribution < -0.4 is 5.32 Å². The molecule has 0 aliphatic carbocycles. The van der Waals surface area contributed by atoms with Crippen LogP contribution in [0.15, 0.2) is 22.6 Å². The first-order chi connectivity index (χ1) is 8.56. The molecule has 1 heterocycles. The zero-order valence-electron chi connectivity index (χ0n) is 10.4. The van der Waals surface area contributed by atoms with E-state index in [0.29, 0.717) is 30.0 Å². The highest BCUT2D eigenvalue weighted by Gasteiger charge is 2.08. The van der Waals surface area contributed by atoms with Gasteiger partial charge in [0.05, 0.1) is 0 Å². The van der Waals surface area contributed by atoms with Crippen LogP contribution in [0.5, 0.6) is 5.75 Å². The lowest BCUT2D eigenvalue weighted by Gasteiger charge is -2.05. The number of hydrogen-bond acceptors (Lipinski definition) is 4. The van der Waals surface area contributed by atoms with Crippen molar-refractivity contribution in [3.63, 3.8) is 0 Å². The Kier molecular flexibility index (Phi) is 3.50. The van der Waals surface area contributed by atoms with Gasteiger partial charge in [-0.05, 0) is 12.1 Å². The molecule has 0 atom stereocenters. The van der Waals surface area contributed by atoms with Crippen LogP contribution in [0.2, 0.25) is 0 Å². The Morgan fingerprint density at radius 3 is 3.00 bits per heavy atom. The van der Waals surface area contributed by atoms with Gasteiger partial charge in [-0.15, -0.1) is 0 Å². The smallest absolute Gasteiger partial charge is 0.222 e. The lowest BCUT2D eigenvalue weighted by atomic mass is 10.2. The second-order valence-electron chi connectivity index (χ2n) is 4.46. The van der Waals surface area contributed by atoms with E-state index in [0.717, 1.165) is 0 Å². The van der Waals surface area contributed by atoms with Gasteiger partial charge in [0.15, 0.2) is 11.5 Å². The molecule has 0 saturated carbocycles. The highest BCUT2D eigenvalue weighted by molar-refractivity contribution is 5.77. The van der Waals surface area contributed by atoms with Gasteiger partial charge in [0.2, 0.25) is 5.91 Å². The summed E-state index contributed by atoms with van der Waals surface area (Å²) in [5.74, 6) is 0.701. The van der Waals surface area contributed by atoms with Gasteiger partial charge in [0.25, 0.3) is 0 Å². The Morgan fingerprint density at radius 1 is 1.50 bits per heavy atom. The Balaban J connectivity index is 1.98. The zero-order chi connectivity index (χ0) is 13.1. The summed E-state index contributed by atoms with van der Waals surface area (Å²) in [5, 5.41) is 12.1. The molecular weight excluding hydrogens is 232 g/mol. The number of fused-ring (bicyclic) bond motifs is 1. The van der Waals surface area contributed by atoms with Gasteiger partial charge in [-0.25, -0.2) is 4.98 Å². The van der Waals surface area contributed by atoms with Crippen LogP contribution in [0.4, 0.5) is 0 Å². The van der Waals surface area contributed by atoms with E-state index in [1.54, 1.807) is 12.1 Å². The van der Waals surface area contributed by atoms with Crippen molar-refractivity contribution in [3.8, 4) is 5.75 Å². The van der Waals surface area contributed by atoms with Gasteiger partial charge in [0, 0.05) is 24.9 Å². The molecule has 1 aromatic heterocycles. The molecule has 0 radical (unpaired) electrons. The van der Waals surface area contributed by atoms with Gasteiger partial charge >= 0.3 is 0 Å². The van der Waals surface area contributed by atoms with Crippen LogP contribution in [0.1, 0.15) is 19.7 Å². The van der Waals surface area contributed by atoms with Crippen molar-refractivity contribution in [2.75, 3.05) is 6.54 Å². The Morgan fingerprint density at radius 2 is 2.28 bits per heavy atom. The molecule has 2 aromatic rings. The van der Waals surface area contributed by atoms with Gasteiger partial charge in [-0.3, -0.25) is 4.79 Å². The highest BCUT2D eigenvalue weighted by atomic mass is 16.3. The van der Waals surface area contributed by atoms with Gasteiger partial charge in [-0.2, -0.15) is 0 Å². The maximum absolute atomic E-state index is 11.4. The molecule has 0 bridgehead atoms. The van der Waals surface area contributed by atoms with Crippen molar-refractivity contribution >= 4 is 17.0 Å². The van der Waals surface area contributed by atoms with E-state index in [4.69, 9.17) is 4.42 Å². The number of benzene rings is 1. The molecule has 96 valence electrons. The predicted octanol–water partition coefficient (Wildman–Crippen LogP) is 1.85. The Bertz CT molecular complexity index is 560. The van der Waals surface area contributed by atoms with Crippen LogP contribution in [0.25, 0.3) is 11.1 Å². The average molecular weight is 248 g/mol. The molecule has 18 heavy (non-hydrogen) atoms. The van der Waals surface area contributed by atoms with E-state index in [1.165, 1.54) is 6.07 Å². The molecule has 0 saturated heterocycles. The molecule has 5 heteroatoms. The lowest BCUT2D eigenvalue weighted by Crippen LogP contribution is -2.29. The highest BCUT2D eigenvalue weighted by Crippen LogP contribution is 2.20. The number of carbonyl (C=O) groups excluding carboxylic acids is 1. The number of amides is 1. The van der Waals surface area contributed by atoms with E-state index in [2.05, 4.69) is 10.3 Å². The first-order valence-corrected chi connectivity index (χ1v) is 5.92. The number of nitrogens with zero attached hydrogens (tertiary/aromatic N) is 1. The number of phenols is 1. The van der Waals surface area contributed by atoms with Crippen LogP contribution in [-0.4, -0.2) is 22.5 Å². The predicted molar refractivity (Wildman–Crippen MR) is 67.2 cm³/mol. The fourth-order valence-corrected chi connectivity index (χ4v) is 1.56. The number of aromatic hydroxyl groups is 1. The molecule has 0 spiro atoms. The molecule has 2 N–H and O–H groups in total. The number of hydrogen-bond donors (Lipinski definition) is 2. The monoisotopic (exact) mass is 248 g/mol. The van der Waals surface area contributed by atoms with Crippen LogP contribution in [-0.2, 0) is 11.2 Å². The van der Waals surface area contributed by atoms with E-state index in [1.807, 2.05) is 13.8 Å². The van der Waals surface area contributed by atoms with E-state index in [-0.39, 0.29) is 17.6 Å². The summed E-state index contributed by atoms with van der Waals surface area (Å²) in [4.78, 5) is 15.6. The summed E-state index contributed by atoms with van der Waals surface area (Å²) in [7, 11) is 0. The number of rotatable bonds is 4. The third kappa shape index (κ3) is 2.80. The normalized spacial score (nSPS) is 11.1. The van der Waals surface area contributed by atoms with Crippen molar-refractivity contribution in [2.24, 2.45) is 5.92 Å². The largest absolute Gasteiger partial charge is 0.508 e. The van der Waals surface area contributed by atoms with E-state index in [9.17, 15) is 9.90 Å². The molecule has 0 unspecified atom stereocenters. The second kappa shape index (κ2) is 5.08. The fourth-order valence-electron chi connectivity index (χ4n) is 1.56. The standard InChI is InChI=1S/C13H16N2O3/c1-8(2)13(17)14-6-5-12-15-10-4-3-9(16)7-11(10)18-12/h3-4,7-8,16H,5-6H2,1-2H3,(H,14,17). The third-order valence-electron chi connectivity index (χ3n) is 2.58. The van der Waals surface area contributed by atoms with Gasteiger partial charge in [0.1, 0.15) is 11.3 Å². The van der Waals surface area contributed by atoms with Crippen molar-refractivity contribution in [1.82, 2.24) is 10.3 Å². The minimum absolute atomic E-state index is 0.0174. The lowest BCUT2D eigenvalue weighted by molar-refractivity contribution is -0.123. The number of nitrogens with one attached hydrogen (secondary N) is 1. The minimum Gasteiger partial charge on any atom is -0.508 e. The van der Waals surface area contributed by atoms with E-state index >= 15 is 0 Å². The zero-order valence-corrected chi connectivity index (χ0v) is 10.4. The molecule has 2 rings (SSSR count). The van der Waals surface area contributed by atoms with Gasteiger partial charge < -0.3 is 14.8 Å². The molecule has 1 amide bonds. The number of phenolic OH excluding ortho intramolecular Hbond substituents is 1. The molecule has 0 aliphatic rings. The fraction of sp³-hybridized carbons (Fsp3) is 0.385. The molecule has 5 nitrogen and oxygen atoms in total. The van der Waals surface area contributed by atoms with E-state index < -0.39 is 0 Å². The summed E-state index contributed by atoms with van der Waals surface area (Å²) in [6.45, 7) is 4.19. The Hall–Kier alpha value is -2.04. The SMILES string of the molecule is CC(C)C(=O)NCCc1nc2ccc(O)cc2o1. The quantitative estimate of drug-likeness (QED) is 0.865. The first kappa shape index (κ1) is 12.4. The number of oxazole rings is 1. The Labute approximate surface area is 105 Å². The number of aromatic nitrogens is 1. The number of carbonyl (C=O) groups is 1.